The fraction of sp³-hybridized carbons (Fsp3) is 0.381. The van der Waals surface area contributed by atoms with Crippen molar-refractivity contribution in [1.82, 2.24) is 10.2 Å². The van der Waals surface area contributed by atoms with Gasteiger partial charge in [0.1, 0.15) is 5.75 Å². The van der Waals surface area contributed by atoms with Crippen LogP contribution in [0.4, 0.5) is 11.4 Å². The number of nitrogens with zero attached hydrogens (tertiary/aromatic N) is 1. The molecule has 1 saturated heterocycles. The molecule has 1 aliphatic heterocycles. The minimum Gasteiger partial charge on any atom is -0.495 e. The predicted molar refractivity (Wildman–Crippen MR) is 126 cm³/mol. The molecule has 1 heterocycles. The van der Waals surface area contributed by atoms with Crippen molar-refractivity contribution < 1.29 is 17.9 Å². The molecule has 0 saturated carbocycles. The molecule has 168 valence electrons. The maximum Gasteiger partial charge on any atom is 0.262 e. The Hall–Kier alpha value is -2.40. The number of sulfonamides is 1. The zero-order valence-corrected chi connectivity index (χ0v) is 19.3. The van der Waals surface area contributed by atoms with E-state index in [9.17, 15) is 8.42 Å². The number of ether oxygens (including phenoxy) is 2. The monoisotopic (exact) mass is 464 g/mol. The normalized spacial score (nSPS) is 14.6. The lowest BCUT2D eigenvalue weighted by atomic mass is 10.2. The largest absolute Gasteiger partial charge is 0.495 e. The molecule has 3 N–H and O–H groups in total. The van der Waals surface area contributed by atoms with Gasteiger partial charge in [-0.2, -0.15) is 0 Å². The van der Waals surface area contributed by atoms with Crippen LogP contribution < -0.4 is 20.1 Å². The van der Waals surface area contributed by atoms with Gasteiger partial charge in [0.15, 0.2) is 5.11 Å². The van der Waals surface area contributed by atoms with Gasteiger partial charge >= 0.3 is 0 Å². The Kier molecular flexibility index (Phi) is 8.08. The van der Waals surface area contributed by atoms with Crippen molar-refractivity contribution in [3.8, 4) is 5.75 Å². The smallest absolute Gasteiger partial charge is 0.262 e. The van der Waals surface area contributed by atoms with Crippen molar-refractivity contribution >= 4 is 38.7 Å². The van der Waals surface area contributed by atoms with E-state index in [-0.39, 0.29) is 4.90 Å². The zero-order chi connectivity index (χ0) is 22.3. The molecule has 0 aromatic heterocycles. The number of morpholine rings is 1. The topological polar surface area (TPSA) is 91.9 Å². The SMILES string of the molecule is COc1ccccc1NS(=O)(=O)c1cc(NC(=S)NCCN2CCOCC2)ccc1C. The summed E-state index contributed by atoms with van der Waals surface area (Å²) in [6, 6.07) is 12.0. The van der Waals surface area contributed by atoms with Crippen molar-refractivity contribution in [3.05, 3.63) is 48.0 Å². The lowest BCUT2D eigenvalue weighted by Gasteiger charge is -2.26. The Balaban J connectivity index is 1.64. The standard InChI is InChI=1S/C21H28N4O4S2/c1-16-7-8-17(23-21(30)22-9-10-25-11-13-29-14-12-25)15-20(16)31(26,27)24-18-5-3-4-6-19(18)28-2/h3-8,15,24H,9-14H2,1-2H3,(H2,22,23,30). The first-order chi connectivity index (χ1) is 14.9. The van der Waals surface area contributed by atoms with E-state index in [0.717, 1.165) is 32.8 Å². The lowest BCUT2D eigenvalue weighted by Crippen LogP contribution is -2.42. The maximum absolute atomic E-state index is 13.0. The highest BCUT2D eigenvalue weighted by molar-refractivity contribution is 7.92. The van der Waals surface area contributed by atoms with E-state index in [2.05, 4.69) is 20.3 Å². The van der Waals surface area contributed by atoms with Crippen LogP contribution in [0, 0.1) is 6.92 Å². The van der Waals surface area contributed by atoms with E-state index < -0.39 is 10.0 Å². The molecule has 0 unspecified atom stereocenters. The van der Waals surface area contributed by atoms with Gasteiger partial charge in [0.2, 0.25) is 0 Å². The number of thiocarbonyl (C=S) groups is 1. The van der Waals surface area contributed by atoms with E-state index >= 15 is 0 Å². The summed E-state index contributed by atoms with van der Waals surface area (Å²) in [5.41, 5.74) is 1.59. The van der Waals surface area contributed by atoms with Gasteiger partial charge in [-0.1, -0.05) is 18.2 Å². The van der Waals surface area contributed by atoms with Crippen LogP contribution in [0.5, 0.6) is 5.75 Å². The first-order valence-corrected chi connectivity index (χ1v) is 11.9. The molecule has 10 heteroatoms. The van der Waals surface area contributed by atoms with Gasteiger partial charge in [-0.3, -0.25) is 9.62 Å². The number of para-hydroxylation sites is 2. The number of anilines is 2. The number of hydrogen-bond acceptors (Lipinski definition) is 6. The minimum atomic E-state index is -3.82. The summed E-state index contributed by atoms with van der Waals surface area (Å²) in [6.45, 7) is 6.65. The van der Waals surface area contributed by atoms with Gasteiger partial charge in [0.25, 0.3) is 10.0 Å². The Labute approximate surface area is 189 Å². The quantitative estimate of drug-likeness (QED) is 0.513. The molecule has 0 aliphatic carbocycles. The number of nitrogens with one attached hydrogen (secondary N) is 3. The zero-order valence-electron chi connectivity index (χ0n) is 17.7. The van der Waals surface area contributed by atoms with Crippen molar-refractivity contribution in [2.75, 3.05) is 56.5 Å². The average molecular weight is 465 g/mol. The Morgan fingerprint density at radius 1 is 1.19 bits per heavy atom. The molecule has 1 aliphatic rings. The predicted octanol–water partition coefficient (Wildman–Crippen LogP) is 2.42. The molecule has 3 rings (SSSR count). The Morgan fingerprint density at radius 2 is 1.94 bits per heavy atom. The first kappa shape index (κ1) is 23.3. The van der Waals surface area contributed by atoms with Crippen LogP contribution in [-0.2, 0) is 14.8 Å². The fourth-order valence-corrected chi connectivity index (χ4v) is 4.79. The molecule has 2 aromatic rings. The summed E-state index contributed by atoms with van der Waals surface area (Å²) in [6.07, 6.45) is 0. The molecular weight excluding hydrogens is 436 g/mol. The van der Waals surface area contributed by atoms with Gasteiger partial charge in [-0.05, 0) is 49.0 Å². The number of hydrogen-bond donors (Lipinski definition) is 3. The average Bonchev–Trinajstić information content (AvgIpc) is 2.76. The Morgan fingerprint density at radius 3 is 2.68 bits per heavy atom. The van der Waals surface area contributed by atoms with E-state index in [4.69, 9.17) is 21.7 Å². The van der Waals surface area contributed by atoms with Crippen LogP contribution in [-0.4, -0.2) is 64.9 Å². The summed E-state index contributed by atoms with van der Waals surface area (Å²) in [5.74, 6) is 0.448. The third-order valence-corrected chi connectivity index (χ3v) is 6.66. The summed E-state index contributed by atoms with van der Waals surface area (Å²) in [5, 5.41) is 6.67. The molecule has 0 radical (unpaired) electrons. The van der Waals surface area contributed by atoms with Crippen molar-refractivity contribution in [2.45, 2.75) is 11.8 Å². The van der Waals surface area contributed by atoms with Crippen LogP contribution in [0.25, 0.3) is 0 Å². The van der Waals surface area contributed by atoms with Crippen LogP contribution in [0.1, 0.15) is 5.56 Å². The summed E-state index contributed by atoms with van der Waals surface area (Å²) in [7, 11) is -2.32. The number of benzene rings is 2. The highest BCUT2D eigenvalue weighted by Crippen LogP contribution is 2.28. The third kappa shape index (κ3) is 6.54. The van der Waals surface area contributed by atoms with E-state index in [1.165, 1.54) is 7.11 Å². The number of methoxy groups -OCH3 is 1. The van der Waals surface area contributed by atoms with Crippen molar-refractivity contribution in [2.24, 2.45) is 0 Å². The van der Waals surface area contributed by atoms with Crippen LogP contribution >= 0.6 is 12.2 Å². The van der Waals surface area contributed by atoms with Crippen LogP contribution in [0.3, 0.4) is 0 Å². The van der Waals surface area contributed by atoms with Gasteiger partial charge in [-0.25, -0.2) is 8.42 Å². The molecule has 0 amide bonds. The van der Waals surface area contributed by atoms with E-state index in [1.54, 1.807) is 49.4 Å². The van der Waals surface area contributed by atoms with Crippen LogP contribution in [0.2, 0.25) is 0 Å². The van der Waals surface area contributed by atoms with Gasteiger partial charge in [0.05, 0.1) is 30.9 Å². The van der Waals surface area contributed by atoms with E-state index in [1.807, 2.05) is 0 Å². The fourth-order valence-electron chi connectivity index (χ4n) is 3.22. The van der Waals surface area contributed by atoms with E-state index in [0.29, 0.717) is 34.3 Å². The highest BCUT2D eigenvalue weighted by Gasteiger charge is 2.19. The summed E-state index contributed by atoms with van der Waals surface area (Å²) in [4.78, 5) is 2.47. The maximum atomic E-state index is 13.0. The molecule has 1 fully saturated rings. The third-order valence-electron chi connectivity index (χ3n) is 4.90. The second-order valence-electron chi connectivity index (χ2n) is 7.12. The second-order valence-corrected chi connectivity index (χ2v) is 9.18. The second kappa shape index (κ2) is 10.8. The number of rotatable bonds is 8. The molecular formula is C21H28N4O4S2. The molecule has 0 bridgehead atoms. The summed E-state index contributed by atoms with van der Waals surface area (Å²) < 4.78 is 39.2. The highest BCUT2D eigenvalue weighted by atomic mass is 32.2. The molecule has 31 heavy (non-hydrogen) atoms. The first-order valence-electron chi connectivity index (χ1n) is 10.0. The number of aryl methyl sites for hydroxylation is 1. The van der Waals surface area contributed by atoms with Gasteiger partial charge in [0, 0.05) is 31.9 Å². The molecule has 8 nitrogen and oxygen atoms in total. The van der Waals surface area contributed by atoms with Crippen LogP contribution in [0.15, 0.2) is 47.4 Å². The summed E-state index contributed by atoms with van der Waals surface area (Å²) >= 11 is 5.36. The van der Waals surface area contributed by atoms with Gasteiger partial charge in [-0.15, -0.1) is 0 Å². The minimum absolute atomic E-state index is 0.166. The Bertz CT molecular complexity index is 1010. The molecule has 2 aromatic carbocycles. The van der Waals surface area contributed by atoms with Crippen molar-refractivity contribution in [3.63, 3.8) is 0 Å². The molecule has 0 spiro atoms. The van der Waals surface area contributed by atoms with Crippen molar-refractivity contribution in [1.29, 1.82) is 0 Å². The molecule has 0 atom stereocenters. The lowest BCUT2D eigenvalue weighted by molar-refractivity contribution is 0.0389. The van der Waals surface area contributed by atoms with Gasteiger partial charge < -0.3 is 20.1 Å².